The van der Waals surface area contributed by atoms with Gasteiger partial charge in [-0.1, -0.05) is 41.5 Å². The van der Waals surface area contributed by atoms with E-state index in [0.717, 1.165) is 12.8 Å². The summed E-state index contributed by atoms with van der Waals surface area (Å²) in [5, 5.41) is 0.0638. The van der Waals surface area contributed by atoms with E-state index in [4.69, 9.17) is 0 Å². The molecule has 0 aliphatic carbocycles. The molecule has 12 heavy (non-hydrogen) atoms. The molecule has 0 rings (SSSR count). The van der Waals surface area contributed by atoms with Gasteiger partial charge in [0.05, 0.1) is 7.80 Å². The summed E-state index contributed by atoms with van der Waals surface area (Å²) in [7, 11) is -1.49. The van der Waals surface area contributed by atoms with Crippen molar-refractivity contribution in [3.8, 4) is 0 Å². The molecule has 0 fully saturated rings. The van der Waals surface area contributed by atoms with Crippen LogP contribution in [0.25, 0.3) is 0 Å². The maximum atomic E-state index is 12.1. The number of hydrogen-bond acceptors (Lipinski definition) is 1. The Labute approximate surface area is 77.7 Å². The summed E-state index contributed by atoms with van der Waals surface area (Å²) in [5.74, 6) is 0. The normalized spacial score (nSPS) is 13.9. The first-order chi connectivity index (χ1) is 5.28. The Morgan fingerprint density at radius 2 is 1.17 bits per heavy atom. The van der Waals surface area contributed by atoms with Gasteiger partial charge in [0, 0.05) is 10.3 Å². The quantitative estimate of drug-likeness (QED) is 0.614. The van der Waals surface area contributed by atoms with E-state index >= 15 is 0 Å². The van der Waals surface area contributed by atoms with E-state index in [1.165, 1.54) is 0 Å². The summed E-state index contributed by atoms with van der Waals surface area (Å²) in [6.07, 6.45) is 2.02. The zero-order chi connectivity index (χ0) is 9.99. The van der Waals surface area contributed by atoms with Gasteiger partial charge in [-0.3, -0.25) is 0 Å². The van der Waals surface area contributed by atoms with Crippen molar-refractivity contribution in [3.63, 3.8) is 0 Å². The van der Waals surface area contributed by atoms with Gasteiger partial charge in [-0.25, -0.2) is 0 Å². The molecule has 0 aliphatic heterocycles. The second kappa shape index (κ2) is 3.96. The lowest BCUT2D eigenvalue weighted by Gasteiger charge is -2.33. The van der Waals surface area contributed by atoms with Gasteiger partial charge < -0.3 is 4.57 Å². The summed E-state index contributed by atoms with van der Waals surface area (Å²) >= 11 is 0. The topological polar surface area (TPSA) is 17.1 Å². The molecule has 0 amide bonds. The minimum atomic E-state index is -1.49. The van der Waals surface area contributed by atoms with Gasteiger partial charge in [0.15, 0.2) is 0 Å². The molecule has 74 valence electrons. The lowest BCUT2D eigenvalue weighted by atomic mass is 10.1. The fourth-order valence-corrected chi connectivity index (χ4v) is 3.71. The molecule has 0 aromatic heterocycles. The molecule has 0 spiro atoms. The predicted octanol–water partition coefficient (Wildman–Crippen LogP) is 3.92. The van der Waals surface area contributed by atoms with E-state index in [1.54, 1.807) is 0 Å². The summed E-state index contributed by atoms with van der Waals surface area (Å²) in [6, 6.07) is 0. The molecule has 1 nitrogen and oxygen atoms in total. The zero-order valence-electron chi connectivity index (χ0n) is 9.32. The summed E-state index contributed by atoms with van der Waals surface area (Å²) < 4.78 is 12.1. The fraction of sp³-hybridized carbons (Fsp3) is 1.00. The molecule has 0 heterocycles. The van der Waals surface area contributed by atoms with Crippen LogP contribution in [0.1, 0.15) is 54.4 Å². The zero-order valence-corrected chi connectivity index (χ0v) is 10.3. The minimum absolute atomic E-state index is 0.0319. The third kappa shape index (κ3) is 2.62. The SMILES string of the molecule is CCC(C)(C)[PH](=O)C(C)(C)CC. The van der Waals surface area contributed by atoms with Crippen molar-refractivity contribution >= 4 is 7.80 Å². The Kier molecular flexibility index (Phi) is 4.03. The second-order valence-electron chi connectivity index (χ2n) is 4.80. The highest BCUT2D eigenvalue weighted by atomic mass is 31.1. The Morgan fingerprint density at radius 3 is 1.33 bits per heavy atom. The Hall–Kier alpha value is 0.230. The van der Waals surface area contributed by atoms with Crippen molar-refractivity contribution in [1.82, 2.24) is 0 Å². The molecule has 0 unspecified atom stereocenters. The average molecular weight is 190 g/mol. The molecule has 0 aromatic carbocycles. The molecular weight excluding hydrogens is 167 g/mol. The van der Waals surface area contributed by atoms with Gasteiger partial charge >= 0.3 is 0 Å². The molecule has 0 saturated heterocycles. The molecule has 0 saturated carbocycles. The van der Waals surface area contributed by atoms with E-state index in [2.05, 4.69) is 41.5 Å². The molecule has 2 heteroatoms. The third-order valence-corrected chi connectivity index (χ3v) is 6.16. The van der Waals surface area contributed by atoms with Crippen LogP contribution < -0.4 is 0 Å². The van der Waals surface area contributed by atoms with Crippen LogP contribution in [0.4, 0.5) is 0 Å². The lowest BCUT2D eigenvalue weighted by Crippen LogP contribution is -2.24. The first kappa shape index (κ1) is 12.2. The van der Waals surface area contributed by atoms with Gasteiger partial charge in [0.2, 0.25) is 0 Å². The van der Waals surface area contributed by atoms with Gasteiger partial charge in [0.1, 0.15) is 0 Å². The van der Waals surface area contributed by atoms with Crippen LogP contribution in [0.15, 0.2) is 0 Å². The second-order valence-corrected chi connectivity index (χ2v) is 8.17. The molecule has 0 radical (unpaired) electrons. The summed E-state index contributed by atoms with van der Waals surface area (Å²) in [5.41, 5.74) is 0. The van der Waals surface area contributed by atoms with Crippen molar-refractivity contribution in [2.45, 2.75) is 64.7 Å². The highest BCUT2D eigenvalue weighted by molar-refractivity contribution is 7.48. The van der Waals surface area contributed by atoms with Crippen LogP contribution >= 0.6 is 7.80 Å². The van der Waals surface area contributed by atoms with Crippen molar-refractivity contribution in [2.75, 3.05) is 0 Å². The highest BCUT2D eigenvalue weighted by Crippen LogP contribution is 2.52. The van der Waals surface area contributed by atoms with Gasteiger partial charge in [-0.2, -0.15) is 0 Å². The molecular formula is C10H23OP. The fourth-order valence-electron chi connectivity index (χ4n) is 1.24. The van der Waals surface area contributed by atoms with Gasteiger partial charge in [-0.15, -0.1) is 0 Å². The predicted molar refractivity (Wildman–Crippen MR) is 57.7 cm³/mol. The number of hydrogen-bond donors (Lipinski definition) is 0. The maximum Gasteiger partial charge on any atom is 0.0867 e. The van der Waals surface area contributed by atoms with Crippen molar-refractivity contribution in [1.29, 1.82) is 0 Å². The first-order valence-electron chi connectivity index (χ1n) is 4.83. The van der Waals surface area contributed by atoms with Crippen LogP contribution in [0.2, 0.25) is 0 Å². The largest absolute Gasteiger partial charge is 0.326 e. The van der Waals surface area contributed by atoms with Crippen molar-refractivity contribution in [3.05, 3.63) is 0 Å². The smallest absolute Gasteiger partial charge is 0.0867 e. The van der Waals surface area contributed by atoms with Gasteiger partial charge in [0.25, 0.3) is 0 Å². The lowest BCUT2D eigenvalue weighted by molar-refractivity contribution is 0.508. The van der Waals surface area contributed by atoms with Crippen LogP contribution in [0, 0.1) is 0 Å². The average Bonchev–Trinajstić information content (AvgIpc) is 2.03. The third-order valence-electron chi connectivity index (χ3n) is 3.00. The Morgan fingerprint density at radius 1 is 0.917 bits per heavy atom. The van der Waals surface area contributed by atoms with Gasteiger partial charge in [-0.05, 0) is 12.8 Å². The molecule has 0 atom stereocenters. The standard InChI is InChI=1S/C10H23OP/c1-7-9(3,4)12(11)10(5,6)8-2/h12H,7-8H2,1-6H3. The van der Waals surface area contributed by atoms with Crippen LogP contribution in [0.3, 0.4) is 0 Å². The molecule has 0 aromatic rings. The van der Waals surface area contributed by atoms with E-state index in [9.17, 15) is 4.57 Å². The molecule has 0 N–H and O–H groups in total. The van der Waals surface area contributed by atoms with Crippen molar-refractivity contribution < 1.29 is 4.57 Å². The Bertz CT molecular complexity index is 153. The van der Waals surface area contributed by atoms with E-state index < -0.39 is 7.80 Å². The molecule has 0 aliphatic rings. The first-order valence-corrected chi connectivity index (χ1v) is 6.23. The monoisotopic (exact) mass is 190 g/mol. The Balaban J connectivity index is 4.60. The number of rotatable bonds is 4. The molecule has 0 bridgehead atoms. The van der Waals surface area contributed by atoms with E-state index in [-0.39, 0.29) is 10.3 Å². The summed E-state index contributed by atoms with van der Waals surface area (Å²) in [6.45, 7) is 12.7. The highest BCUT2D eigenvalue weighted by Gasteiger charge is 2.34. The van der Waals surface area contributed by atoms with Crippen LogP contribution in [0.5, 0.6) is 0 Å². The van der Waals surface area contributed by atoms with Crippen LogP contribution in [-0.2, 0) is 4.57 Å². The van der Waals surface area contributed by atoms with Crippen molar-refractivity contribution in [2.24, 2.45) is 0 Å². The minimum Gasteiger partial charge on any atom is -0.326 e. The van der Waals surface area contributed by atoms with E-state index in [0.29, 0.717) is 0 Å². The van der Waals surface area contributed by atoms with E-state index in [1.807, 2.05) is 0 Å². The van der Waals surface area contributed by atoms with Crippen LogP contribution in [-0.4, -0.2) is 10.3 Å². The maximum absolute atomic E-state index is 12.1. The summed E-state index contributed by atoms with van der Waals surface area (Å²) in [4.78, 5) is 0.